The summed E-state index contributed by atoms with van der Waals surface area (Å²) >= 11 is 7.37. The molecule has 1 aromatic heterocycles. The Hall–Kier alpha value is -1.01. The van der Waals surface area contributed by atoms with Gasteiger partial charge < -0.3 is 14.4 Å². The van der Waals surface area contributed by atoms with Crippen molar-refractivity contribution < 1.29 is 9.84 Å². The predicted octanol–water partition coefficient (Wildman–Crippen LogP) is 3.30. The molecular weight excluding hydrogens is 308 g/mol. The van der Waals surface area contributed by atoms with Crippen LogP contribution in [0.2, 0.25) is 5.02 Å². The molecule has 1 aromatic carbocycles. The molecule has 4 nitrogen and oxygen atoms in total. The Morgan fingerprint density at radius 2 is 2.10 bits per heavy atom. The number of imidazole rings is 1. The number of ether oxygens (including phenoxy) is 1. The van der Waals surface area contributed by atoms with E-state index in [4.69, 9.17) is 16.3 Å². The number of hydrogen-bond acceptors (Lipinski definition) is 4. The van der Waals surface area contributed by atoms with Crippen molar-refractivity contribution in [2.24, 2.45) is 7.05 Å². The van der Waals surface area contributed by atoms with Gasteiger partial charge in [0.25, 0.3) is 0 Å². The van der Waals surface area contributed by atoms with Gasteiger partial charge in [0.15, 0.2) is 5.16 Å². The van der Waals surface area contributed by atoms with Crippen LogP contribution < -0.4 is 0 Å². The Labute approximate surface area is 134 Å². The number of aliphatic hydroxyl groups is 1. The Bertz CT molecular complexity index is 559. The lowest BCUT2D eigenvalue weighted by Gasteiger charge is -2.16. The van der Waals surface area contributed by atoms with E-state index in [0.29, 0.717) is 17.4 Å². The Morgan fingerprint density at radius 3 is 2.71 bits per heavy atom. The molecule has 1 heterocycles. The number of aromatic nitrogens is 2. The number of hydrogen-bond donors (Lipinski definition) is 1. The molecule has 0 saturated carbocycles. The smallest absolute Gasteiger partial charge is 0.167 e. The van der Waals surface area contributed by atoms with Crippen LogP contribution in [0.25, 0.3) is 0 Å². The van der Waals surface area contributed by atoms with E-state index in [1.54, 1.807) is 6.20 Å². The first-order valence-electron chi connectivity index (χ1n) is 6.71. The zero-order valence-electron chi connectivity index (χ0n) is 12.1. The molecule has 0 radical (unpaired) electrons. The predicted molar refractivity (Wildman–Crippen MR) is 85.8 cm³/mol. The molecule has 114 valence electrons. The van der Waals surface area contributed by atoms with Crippen LogP contribution in [-0.2, 0) is 11.8 Å². The van der Waals surface area contributed by atoms with Gasteiger partial charge in [-0.1, -0.05) is 35.5 Å². The van der Waals surface area contributed by atoms with Gasteiger partial charge in [-0.05, 0) is 24.6 Å². The molecule has 2 rings (SSSR count). The van der Waals surface area contributed by atoms with Crippen LogP contribution in [0.5, 0.6) is 0 Å². The van der Waals surface area contributed by atoms with Crippen LogP contribution in [0.1, 0.15) is 18.6 Å². The number of aliphatic hydroxyl groups excluding tert-OH is 1. The quantitative estimate of drug-likeness (QED) is 0.793. The largest absolute Gasteiger partial charge is 0.390 e. The van der Waals surface area contributed by atoms with Crippen molar-refractivity contribution in [3.05, 3.63) is 47.2 Å². The summed E-state index contributed by atoms with van der Waals surface area (Å²) in [6, 6.07) is 7.54. The summed E-state index contributed by atoms with van der Waals surface area (Å²) < 4.78 is 7.62. The molecule has 0 aliphatic carbocycles. The first kappa shape index (κ1) is 16.4. The summed E-state index contributed by atoms with van der Waals surface area (Å²) in [5.41, 5.74) is 1.04. The van der Waals surface area contributed by atoms with E-state index in [1.165, 1.54) is 11.8 Å². The summed E-state index contributed by atoms with van der Waals surface area (Å²) in [5, 5.41) is 11.6. The van der Waals surface area contributed by atoms with Gasteiger partial charge in [0.2, 0.25) is 0 Å². The molecule has 1 N–H and O–H groups in total. The molecule has 0 spiro atoms. The second kappa shape index (κ2) is 7.84. The summed E-state index contributed by atoms with van der Waals surface area (Å²) in [4.78, 5) is 4.20. The number of nitrogens with zero attached hydrogens (tertiary/aromatic N) is 2. The highest BCUT2D eigenvalue weighted by atomic mass is 35.5. The van der Waals surface area contributed by atoms with Gasteiger partial charge in [0.05, 0.1) is 18.8 Å². The minimum Gasteiger partial charge on any atom is -0.390 e. The molecule has 0 unspecified atom stereocenters. The van der Waals surface area contributed by atoms with Gasteiger partial charge in [-0.2, -0.15) is 0 Å². The molecule has 21 heavy (non-hydrogen) atoms. The highest BCUT2D eigenvalue weighted by Crippen LogP contribution is 2.20. The summed E-state index contributed by atoms with van der Waals surface area (Å²) in [6.45, 7) is 2.25. The van der Waals surface area contributed by atoms with E-state index >= 15 is 0 Å². The van der Waals surface area contributed by atoms with Gasteiger partial charge in [-0.25, -0.2) is 4.98 Å². The van der Waals surface area contributed by atoms with Gasteiger partial charge >= 0.3 is 0 Å². The topological polar surface area (TPSA) is 47.3 Å². The fraction of sp³-hybridized carbons (Fsp3) is 0.400. The first-order chi connectivity index (χ1) is 10.1. The van der Waals surface area contributed by atoms with E-state index in [2.05, 4.69) is 4.98 Å². The molecule has 2 atom stereocenters. The molecule has 0 aliphatic heterocycles. The van der Waals surface area contributed by atoms with Crippen LogP contribution >= 0.6 is 23.4 Å². The number of aryl methyl sites for hydroxylation is 1. The standard InChI is InChI=1S/C15H19ClN2O2S/c1-11(12-3-5-13(16)6-4-12)20-9-14(19)10-21-15-17-7-8-18(15)2/h3-8,11,14,19H,9-10H2,1-2H3/t11-,14-/m0/s1. The SMILES string of the molecule is C[C@H](OC[C@H](O)CSc1nccn1C)c1ccc(Cl)cc1. The summed E-state index contributed by atoms with van der Waals surface area (Å²) in [6.07, 6.45) is 3.03. The average molecular weight is 327 g/mol. The van der Waals surface area contributed by atoms with Crippen LogP contribution in [0, 0.1) is 0 Å². The summed E-state index contributed by atoms with van der Waals surface area (Å²) in [5.74, 6) is 0.554. The van der Waals surface area contributed by atoms with Crippen molar-refractivity contribution in [1.29, 1.82) is 0 Å². The van der Waals surface area contributed by atoms with E-state index in [-0.39, 0.29) is 6.10 Å². The van der Waals surface area contributed by atoms with Gasteiger partial charge in [0, 0.05) is 30.2 Å². The van der Waals surface area contributed by atoms with Crippen LogP contribution in [-0.4, -0.2) is 33.1 Å². The molecule has 0 bridgehead atoms. The molecule has 6 heteroatoms. The van der Waals surface area contributed by atoms with Crippen molar-refractivity contribution in [3.63, 3.8) is 0 Å². The molecule has 0 aliphatic rings. The van der Waals surface area contributed by atoms with Crippen molar-refractivity contribution >= 4 is 23.4 Å². The van der Waals surface area contributed by atoms with Crippen molar-refractivity contribution in [1.82, 2.24) is 9.55 Å². The molecule has 0 amide bonds. The minimum atomic E-state index is -0.526. The van der Waals surface area contributed by atoms with Gasteiger partial charge in [-0.3, -0.25) is 0 Å². The average Bonchev–Trinajstić information content (AvgIpc) is 2.88. The lowest BCUT2D eigenvalue weighted by molar-refractivity contribution is 0.00621. The minimum absolute atomic E-state index is 0.0740. The number of halogens is 1. The third-order valence-electron chi connectivity index (χ3n) is 3.06. The zero-order chi connectivity index (χ0) is 15.2. The number of thioether (sulfide) groups is 1. The van der Waals surface area contributed by atoms with E-state index in [9.17, 15) is 5.11 Å². The van der Waals surface area contributed by atoms with Crippen LogP contribution in [0.3, 0.4) is 0 Å². The van der Waals surface area contributed by atoms with Gasteiger partial charge in [-0.15, -0.1) is 0 Å². The Kier molecular flexibility index (Phi) is 6.11. The molecular formula is C15H19ClN2O2S. The third-order valence-corrected chi connectivity index (χ3v) is 4.51. The second-order valence-electron chi connectivity index (χ2n) is 4.81. The van der Waals surface area contributed by atoms with Gasteiger partial charge in [0.1, 0.15) is 0 Å². The fourth-order valence-electron chi connectivity index (χ4n) is 1.80. The highest BCUT2D eigenvalue weighted by Gasteiger charge is 2.11. The number of rotatable bonds is 7. The molecule has 0 saturated heterocycles. The van der Waals surface area contributed by atoms with Crippen molar-refractivity contribution in [3.8, 4) is 0 Å². The Balaban J connectivity index is 1.74. The fourth-order valence-corrected chi connectivity index (χ4v) is 2.76. The maximum atomic E-state index is 9.97. The van der Waals surface area contributed by atoms with Crippen LogP contribution in [0.4, 0.5) is 0 Å². The lowest BCUT2D eigenvalue weighted by Crippen LogP contribution is -2.19. The maximum absolute atomic E-state index is 9.97. The normalized spacial score (nSPS) is 14.1. The number of benzene rings is 1. The molecule has 2 aromatic rings. The Morgan fingerprint density at radius 1 is 1.38 bits per heavy atom. The van der Waals surface area contributed by atoms with Crippen molar-refractivity contribution in [2.45, 2.75) is 24.3 Å². The van der Waals surface area contributed by atoms with Crippen LogP contribution in [0.15, 0.2) is 41.8 Å². The van der Waals surface area contributed by atoms with E-state index in [1.807, 2.05) is 49.0 Å². The highest BCUT2D eigenvalue weighted by molar-refractivity contribution is 7.99. The lowest BCUT2D eigenvalue weighted by atomic mass is 10.1. The zero-order valence-corrected chi connectivity index (χ0v) is 13.6. The first-order valence-corrected chi connectivity index (χ1v) is 8.08. The third kappa shape index (κ3) is 5.04. The van der Waals surface area contributed by atoms with E-state index in [0.717, 1.165) is 10.7 Å². The second-order valence-corrected chi connectivity index (χ2v) is 6.24. The molecule has 0 fully saturated rings. The summed E-state index contributed by atoms with van der Waals surface area (Å²) in [7, 11) is 1.93. The maximum Gasteiger partial charge on any atom is 0.167 e. The van der Waals surface area contributed by atoms with Crippen molar-refractivity contribution in [2.75, 3.05) is 12.4 Å². The van der Waals surface area contributed by atoms with E-state index < -0.39 is 6.10 Å². The monoisotopic (exact) mass is 326 g/mol.